The Hall–Kier alpha value is -4.04. The fraction of sp³-hybridized carbons (Fsp3) is 0.259. The summed E-state index contributed by atoms with van der Waals surface area (Å²) in [6.45, 7) is 3.52. The third kappa shape index (κ3) is 4.40. The van der Waals surface area contributed by atoms with Gasteiger partial charge in [-0.15, -0.1) is 0 Å². The highest BCUT2D eigenvalue weighted by Gasteiger charge is 2.48. The zero-order valence-electron chi connectivity index (χ0n) is 19.3. The highest BCUT2D eigenvalue weighted by molar-refractivity contribution is 5.98. The summed E-state index contributed by atoms with van der Waals surface area (Å²) in [6.07, 6.45) is 0.186. The molecule has 1 aliphatic rings. The van der Waals surface area contributed by atoms with Gasteiger partial charge in [0.15, 0.2) is 5.41 Å². The SMILES string of the molecule is Cc1ccc2cc(-c3nc(-c4ccc(CN5CCC(C(=O)O)(C(=O)O)CC5)cc4)no3)ccc2c1. The first kappa shape index (κ1) is 22.7. The molecule has 0 unspecified atom stereocenters. The molecule has 0 spiro atoms. The molecule has 1 saturated heterocycles. The summed E-state index contributed by atoms with van der Waals surface area (Å²) in [5, 5.41) is 25.2. The number of piperidine rings is 1. The summed E-state index contributed by atoms with van der Waals surface area (Å²) < 4.78 is 5.52. The van der Waals surface area contributed by atoms with E-state index in [2.05, 4.69) is 40.2 Å². The summed E-state index contributed by atoms with van der Waals surface area (Å²) in [7, 11) is 0. The van der Waals surface area contributed by atoms with Crippen molar-refractivity contribution in [2.75, 3.05) is 13.1 Å². The van der Waals surface area contributed by atoms with Crippen LogP contribution in [0, 0.1) is 12.3 Å². The average molecular weight is 472 g/mol. The Kier molecular flexibility index (Phi) is 5.82. The van der Waals surface area contributed by atoms with Crippen molar-refractivity contribution in [3.8, 4) is 22.8 Å². The van der Waals surface area contributed by atoms with Crippen molar-refractivity contribution in [3.63, 3.8) is 0 Å². The van der Waals surface area contributed by atoms with E-state index in [1.807, 2.05) is 42.5 Å². The molecule has 178 valence electrons. The van der Waals surface area contributed by atoms with Gasteiger partial charge in [-0.1, -0.05) is 59.3 Å². The van der Waals surface area contributed by atoms with Crippen LogP contribution in [0.2, 0.25) is 0 Å². The molecule has 2 N–H and O–H groups in total. The largest absolute Gasteiger partial charge is 0.480 e. The number of carboxylic acids is 2. The maximum atomic E-state index is 11.5. The second-order valence-corrected chi connectivity index (χ2v) is 9.15. The van der Waals surface area contributed by atoms with Gasteiger partial charge in [0.1, 0.15) is 0 Å². The van der Waals surface area contributed by atoms with Gasteiger partial charge >= 0.3 is 11.9 Å². The summed E-state index contributed by atoms with van der Waals surface area (Å²) in [5.41, 5.74) is 2.26. The highest BCUT2D eigenvalue weighted by atomic mass is 16.5. The standard InChI is InChI=1S/C27H25N3O5/c1-17-2-5-21-15-22(9-8-20(21)14-17)24-28-23(29-35-24)19-6-3-18(4-7-19)16-30-12-10-27(11-13-30,25(31)32)26(33)34/h2-9,14-15H,10-13,16H2,1H3,(H,31,32)(H,33,34). The highest BCUT2D eigenvalue weighted by Crippen LogP contribution is 2.33. The van der Waals surface area contributed by atoms with Crippen molar-refractivity contribution in [2.45, 2.75) is 26.3 Å². The topological polar surface area (TPSA) is 117 Å². The van der Waals surface area contributed by atoms with Gasteiger partial charge in [0.2, 0.25) is 5.82 Å². The Morgan fingerprint density at radius 2 is 1.54 bits per heavy atom. The number of carbonyl (C=O) groups is 2. The molecule has 8 nitrogen and oxygen atoms in total. The molecule has 8 heteroatoms. The van der Waals surface area contributed by atoms with Crippen LogP contribution >= 0.6 is 0 Å². The number of hydrogen-bond donors (Lipinski definition) is 2. The van der Waals surface area contributed by atoms with Gasteiger partial charge in [-0.2, -0.15) is 4.98 Å². The zero-order valence-corrected chi connectivity index (χ0v) is 19.3. The van der Waals surface area contributed by atoms with E-state index in [-0.39, 0.29) is 12.8 Å². The van der Waals surface area contributed by atoms with E-state index in [1.165, 1.54) is 5.56 Å². The quantitative estimate of drug-likeness (QED) is 0.391. The second kappa shape index (κ2) is 8.96. The van der Waals surface area contributed by atoms with Crippen LogP contribution < -0.4 is 0 Å². The Balaban J connectivity index is 1.26. The van der Waals surface area contributed by atoms with Gasteiger partial charge in [-0.3, -0.25) is 14.5 Å². The van der Waals surface area contributed by atoms with E-state index in [4.69, 9.17) is 4.52 Å². The van der Waals surface area contributed by atoms with Crippen LogP contribution in [0.4, 0.5) is 0 Å². The fourth-order valence-electron chi connectivity index (χ4n) is 4.59. The monoisotopic (exact) mass is 471 g/mol. The fourth-order valence-corrected chi connectivity index (χ4v) is 4.59. The summed E-state index contributed by atoms with van der Waals surface area (Å²) >= 11 is 0. The van der Waals surface area contributed by atoms with Gasteiger partial charge in [0.25, 0.3) is 5.89 Å². The van der Waals surface area contributed by atoms with Crippen molar-refractivity contribution in [1.29, 1.82) is 0 Å². The van der Waals surface area contributed by atoms with Crippen molar-refractivity contribution >= 4 is 22.7 Å². The lowest BCUT2D eigenvalue weighted by molar-refractivity contribution is -0.168. The van der Waals surface area contributed by atoms with Crippen molar-refractivity contribution in [1.82, 2.24) is 15.0 Å². The third-order valence-electron chi connectivity index (χ3n) is 6.82. The molecule has 1 aliphatic heterocycles. The normalized spacial score (nSPS) is 15.8. The lowest BCUT2D eigenvalue weighted by Gasteiger charge is -2.36. The van der Waals surface area contributed by atoms with Crippen LogP contribution in [0.5, 0.6) is 0 Å². The number of aromatic nitrogens is 2. The number of rotatable bonds is 6. The first-order chi connectivity index (χ1) is 16.8. The van der Waals surface area contributed by atoms with Crippen LogP contribution in [-0.4, -0.2) is 50.3 Å². The molecule has 0 aliphatic carbocycles. The van der Waals surface area contributed by atoms with Crippen LogP contribution in [0.3, 0.4) is 0 Å². The Morgan fingerprint density at radius 3 is 2.23 bits per heavy atom. The smallest absolute Gasteiger partial charge is 0.321 e. The average Bonchev–Trinajstić information content (AvgIpc) is 3.35. The number of nitrogens with zero attached hydrogens (tertiary/aromatic N) is 3. The van der Waals surface area contributed by atoms with Crippen LogP contribution in [0.25, 0.3) is 33.6 Å². The maximum Gasteiger partial charge on any atom is 0.321 e. The van der Waals surface area contributed by atoms with E-state index < -0.39 is 17.4 Å². The lowest BCUT2D eigenvalue weighted by atomic mass is 9.78. The number of aliphatic carboxylic acids is 2. The number of fused-ring (bicyclic) bond motifs is 1. The summed E-state index contributed by atoms with van der Waals surface area (Å²) in [4.78, 5) is 29.6. The molecular formula is C27H25N3O5. The van der Waals surface area contributed by atoms with E-state index >= 15 is 0 Å². The number of carboxylic acid groups (broad SMARTS) is 2. The molecule has 2 heterocycles. The zero-order chi connectivity index (χ0) is 24.6. The summed E-state index contributed by atoms with van der Waals surface area (Å²) in [6, 6.07) is 20.2. The number of likely N-dealkylation sites (tertiary alicyclic amines) is 1. The van der Waals surface area contributed by atoms with E-state index in [1.54, 1.807) is 0 Å². The molecule has 4 aromatic rings. The van der Waals surface area contributed by atoms with Crippen LogP contribution in [0.15, 0.2) is 65.2 Å². The lowest BCUT2D eigenvalue weighted by Crippen LogP contribution is -2.48. The predicted octanol–water partition coefficient (Wildman–Crippen LogP) is 4.62. The Labute approximate surface area is 201 Å². The molecule has 0 radical (unpaired) electrons. The van der Waals surface area contributed by atoms with Gasteiger partial charge in [0.05, 0.1) is 0 Å². The minimum absolute atomic E-state index is 0.0930. The number of hydrogen-bond acceptors (Lipinski definition) is 6. The van der Waals surface area contributed by atoms with Gasteiger partial charge in [0, 0.05) is 30.8 Å². The minimum Gasteiger partial charge on any atom is -0.480 e. The molecule has 3 aromatic carbocycles. The van der Waals surface area contributed by atoms with Gasteiger partial charge < -0.3 is 14.7 Å². The molecule has 0 saturated carbocycles. The predicted molar refractivity (Wildman–Crippen MR) is 130 cm³/mol. The molecule has 0 amide bonds. The van der Waals surface area contributed by atoms with E-state index in [9.17, 15) is 19.8 Å². The third-order valence-corrected chi connectivity index (χ3v) is 6.82. The number of aryl methyl sites for hydroxylation is 1. The molecular weight excluding hydrogens is 446 g/mol. The Morgan fingerprint density at radius 1 is 0.914 bits per heavy atom. The first-order valence-corrected chi connectivity index (χ1v) is 11.5. The minimum atomic E-state index is -1.68. The van der Waals surface area contributed by atoms with Crippen molar-refractivity contribution in [2.24, 2.45) is 5.41 Å². The molecule has 1 fully saturated rings. The molecule has 1 aromatic heterocycles. The van der Waals surface area contributed by atoms with Crippen LogP contribution in [0.1, 0.15) is 24.0 Å². The van der Waals surface area contributed by atoms with Crippen LogP contribution in [-0.2, 0) is 16.1 Å². The van der Waals surface area contributed by atoms with E-state index in [0.717, 1.165) is 27.5 Å². The molecule has 0 bridgehead atoms. The maximum absolute atomic E-state index is 11.5. The van der Waals surface area contributed by atoms with Crippen molar-refractivity contribution < 1.29 is 24.3 Å². The summed E-state index contributed by atoms with van der Waals surface area (Å²) in [5.74, 6) is -1.55. The van der Waals surface area contributed by atoms with Crippen molar-refractivity contribution in [3.05, 3.63) is 71.8 Å². The number of benzene rings is 3. The Bertz CT molecular complexity index is 1390. The van der Waals surface area contributed by atoms with Gasteiger partial charge in [-0.05, 0) is 48.2 Å². The molecule has 0 atom stereocenters. The first-order valence-electron chi connectivity index (χ1n) is 11.5. The van der Waals surface area contributed by atoms with Gasteiger partial charge in [-0.25, -0.2) is 0 Å². The second-order valence-electron chi connectivity index (χ2n) is 9.15. The molecule has 35 heavy (non-hydrogen) atoms. The van der Waals surface area contributed by atoms with E-state index in [0.29, 0.717) is 31.3 Å². The molecule has 5 rings (SSSR count).